The smallest absolute Gasteiger partial charge is 0.352 e. The molecule has 0 saturated heterocycles. The maximum absolute atomic E-state index is 14.0. The van der Waals surface area contributed by atoms with Gasteiger partial charge in [0.2, 0.25) is 11.5 Å². The molecule has 2 aromatic rings. The topological polar surface area (TPSA) is 50.4 Å². The zero-order valence-electron chi connectivity index (χ0n) is 15.1. The van der Waals surface area contributed by atoms with E-state index in [1.54, 1.807) is 0 Å². The van der Waals surface area contributed by atoms with E-state index in [1.165, 1.54) is 25.1 Å². The lowest BCUT2D eigenvalue weighted by molar-refractivity contribution is -0.269. The van der Waals surface area contributed by atoms with Gasteiger partial charge in [0, 0.05) is 29.6 Å². The molecule has 0 radical (unpaired) electrons. The second kappa shape index (κ2) is 8.26. The summed E-state index contributed by atoms with van der Waals surface area (Å²) in [5.41, 5.74) is -0.387. The Morgan fingerprint density at radius 3 is 2.33 bits per heavy atom. The number of alkyl halides is 3. The molecule has 1 atom stereocenters. The van der Waals surface area contributed by atoms with Crippen LogP contribution < -0.4 is 10.8 Å². The molecule has 3 rings (SSSR count). The number of carbonyl (C=O) groups is 1. The van der Waals surface area contributed by atoms with Crippen molar-refractivity contribution in [3.63, 3.8) is 0 Å². The monoisotopic (exact) mass is 482 g/mol. The molecule has 1 heterocycles. The number of hydrogen-bond acceptors (Lipinski definition) is 3. The van der Waals surface area contributed by atoms with Crippen LogP contribution in [0.5, 0.6) is 0 Å². The predicted octanol–water partition coefficient (Wildman–Crippen LogP) is 5.76. The summed E-state index contributed by atoms with van der Waals surface area (Å²) in [5, 5.41) is 1.74. The van der Waals surface area contributed by atoms with E-state index in [4.69, 9.17) is 39.6 Å². The molecular formula is C19H13Cl3F4N2O2. The van der Waals surface area contributed by atoms with Crippen molar-refractivity contribution in [1.82, 2.24) is 10.8 Å². The van der Waals surface area contributed by atoms with E-state index in [1.807, 2.05) is 0 Å². The van der Waals surface area contributed by atoms with Gasteiger partial charge in [-0.15, -0.1) is 0 Å². The predicted molar refractivity (Wildman–Crippen MR) is 105 cm³/mol. The molecule has 0 bridgehead atoms. The van der Waals surface area contributed by atoms with Crippen LogP contribution in [0.1, 0.15) is 23.6 Å². The van der Waals surface area contributed by atoms with Crippen LogP contribution in [0.25, 0.3) is 5.70 Å². The van der Waals surface area contributed by atoms with Crippen molar-refractivity contribution in [3.8, 4) is 0 Å². The minimum Gasteiger partial charge on any atom is -0.352 e. The minimum absolute atomic E-state index is 0.00960. The molecule has 0 aliphatic carbocycles. The van der Waals surface area contributed by atoms with Crippen LogP contribution in [0.15, 0.2) is 36.4 Å². The average molecular weight is 484 g/mol. The zero-order valence-corrected chi connectivity index (χ0v) is 17.4. The first-order valence-corrected chi connectivity index (χ1v) is 9.50. The standard InChI is InChI=1S/C19H13Cl3F4N2O2/c1-9(29)27-8-11-4-10(2-3-13(11)20)16-7-18(30-28-16,19(24,25)26)12-5-14(21)17(23)15(22)6-12/h2-7,28H,8H2,1H3,(H,27,29). The Morgan fingerprint density at radius 2 is 1.77 bits per heavy atom. The molecule has 30 heavy (non-hydrogen) atoms. The quantitative estimate of drug-likeness (QED) is 0.430. The van der Waals surface area contributed by atoms with Crippen molar-refractivity contribution >= 4 is 46.4 Å². The van der Waals surface area contributed by atoms with Gasteiger partial charge in [-0.25, -0.2) is 4.39 Å². The molecule has 0 fully saturated rings. The van der Waals surface area contributed by atoms with Crippen LogP contribution in [-0.4, -0.2) is 12.1 Å². The molecule has 2 aromatic carbocycles. The highest BCUT2D eigenvalue weighted by molar-refractivity contribution is 6.35. The molecule has 160 valence electrons. The third kappa shape index (κ3) is 4.23. The fraction of sp³-hybridized carbons (Fsp3) is 0.211. The Hall–Kier alpha value is -2.00. The molecule has 0 spiro atoms. The highest BCUT2D eigenvalue weighted by Crippen LogP contribution is 2.48. The fourth-order valence-electron chi connectivity index (χ4n) is 2.85. The first-order valence-electron chi connectivity index (χ1n) is 8.36. The van der Waals surface area contributed by atoms with E-state index in [0.29, 0.717) is 16.1 Å². The fourth-order valence-corrected chi connectivity index (χ4v) is 3.52. The first-order chi connectivity index (χ1) is 13.9. The number of rotatable bonds is 4. The van der Waals surface area contributed by atoms with Crippen LogP contribution >= 0.6 is 34.8 Å². The average Bonchev–Trinajstić information content (AvgIpc) is 3.11. The lowest BCUT2D eigenvalue weighted by Crippen LogP contribution is -2.42. The van der Waals surface area contributed by atoms with Gasteiger partial charge in [0.05, 0.1) is 15.7 Å². The number of halogens is 7. The van der Waals surface area contributed by atoms with Crippen LogP contribution in [0.2, 0.25) is 15.1 Å². The summed E-state index contributed by atoms with van der Waals surface area (Å²) in [6.45, 7) is 1.41. The summed E-state index contributed by atoms with van der Waals surface area (Å²) in [4.78, 5) is 16.1. The van der Waals surface area contributed by atoms with Gasteiger partial charge in [-0.3, -0.25) is 15.1 Å². The Labute approximate surface area is 183 Å². The highest BCUT2D eigenvalue weighted by atomic mass is 35.5. The molecule has 1 unspecified atom stereocenters. The second-order valence-corrected chi connectivity index (χ2v) is 7.69. The molecule has 11 heteroatoms. The Balaban J connectivity index is 2.08. The molecule has 1 amide bonds. The van der Waals surface area contributed by atoms with E-state index in [-0.39, 0.29) is 18.1 Å². The number of carbonyl (C=O) groups excluding carboxylic acids is 1. The summed E-state index contributed by atoms with van der Waals surface area (Å²) in [6, 6.07) is 6.09. The van der Waals surface area contributed by atoms with Gasteiger partial charge >= 0.3 is 6.18 Å². The molecule has 4 nitrogen and oxygen atoms in total. The summed E-state index contributed by atoms with van der Waals surface area (Å²) in [7, 11) is 0. The summed E-state index contributed by atoms with van der Waals surface area (Å²) in [5.74, 6) is -1.32. The lowest BCUT2D eigenvalue weighted by atomic mass is 9.91. The van der Waals surface area contributed by atoms with Crippen LogP contribution in [0.4, 0.5) is 17.6 Å². The van der Waals surface area contributed by atoms with Crippen molar-refractivity contribution in [2.45, 2.75) is 25.2 Å². The normalized spacial score (nSPS) is 18.7. The summed E-state index contributed by atoms with van der Waals surface area (Å²) in [6.07, 6.45) is -4.13. The van der Waals surface area contributed by atoms with Crippen LogP contribution in [0, 0.1) is 5.82 Å². The van der Waals surface area contributed by atoms with Crippen molar-refractivity contribution in [3.05, 3.63) is 74.0 Å². The van der Waals surface area contributed by atoms with Gasteiger partial charge in [-0.05, 0) is 35.9 Å². The Bertz CT molecular complexity index is 1020. The van der Waals surface area contributed by atoms with Gasteiger partial charge < -0.3 is 5.32 Å². The summed E-state index contributed by atoms with van der Waals surface area (Å²) < 4.78 is 55.9. The van der Waals surface area contributed by atoms with E-state index in [9.17, 15) is 22.4 Å². The number of amides is 1. The maximum atomic E-state index is 14.0. The maximum Gasteiger partial charge on any atom is 0.428 e. The zero-order chi connectivity index (χ0) is 22.3. The third-order valence-electron chi connectivity index (χ3n) is 4.39. The van der Waals surface area contributed by atoms with Crippen molar-refractivity contribution in [2.75, 3.05) is 0 Å². The number of benzene rings is 2. The van der Waals surface area contributed by atoms with Crippen LogP contribution in [-0.2, 0) is 21.8 Å². The van der Waals surface area contributed by atoms with Crippen molar-refractivity contribution in [2.24, 2.45) is 0 Å². The second-order valence-electron chi connectivity index (χ2n) is 6.47. The first kappa shape index (κ1) is 22.7. The molecule has 2 N–H and O–H groups in total. The van der Waals surface area contributed by atoms with E-state index in [0.717, 1.165) is 18.2 Å². The van der Waals surface area contributed by atoms with Gasteiger partial charge in [0.25, 0.3) is 0 Å². The minimum atomic E-state index is -4.93. The van der Waals surface area contributed by atoms with Crippen molar-refractivity contribution in [1.29, 1.82) is 0 Å². The molecule has 1 aliphatic heterocycles. The Morgan fingerprint density at radius 1 is 1.13 bits per heavy atom. The Kier molecular flexibility index (Phi) is 6.25. The van der Waals surface area contributed by atoms with E-state index < -0.39 is 33.2 Å². The number of hydroxylamine groups is 1. The summed E-state index contributed by atoms with van der Waals surface area (Å²) >= 11 is 17.5. The van der Waals surface area contributed by atoms with Gasteiger partial charge in [-0.1, -0.05) is 40.9 Å². The lowest BCUT2D eigenvalue weighted by Gasteiger charge is -2.28. The third-order valence-corrected chi connectivity index (χ3v) is 5.31. The van der Waals surface area contributed by atoms with E-state index in [2.05, 4.69) is 10.8 Å². The molecule has 0 aromatic heterocycles. The number of hydrogen-bond donors (Lipinski definition) is 2. The largest absolute Gasteiger partial charge is 0.428 e. The van der Waals surface area contributed by atoms with Gasteiger partial charge in [0.1, 0.15) is 0 Å². The highest BCUT2D eigenvalue weighted by Gasteiger charge is 2.59. The molecular weight excluding hydrogens is 471 g/mol. The molecule has 1 aliphatic rings. The van der Waals surface area contributed by atoms with Crippen molar-refractivity contribution < 1.29 is 27.2 Å². The van der Waals surface area contributed by atoms with Crippen LogP contribution in [0.3, 0.4) is 0 Å². The van der Waals surface area contributed by atoms with E-state index >= 15 is 0 Å². The SMILES string of the molecule is CC(=O)NCc1cc(C2=CC(c3cc(Cl)c(F)c(Cl)c3)(C(F)(F)F)ON2)ccc1Cl. The van der Waals surface area contributed by atoms with Gasteiger partial charge in [-0.2, -0.15) is 13.2 Å². The number of nitrogens with one attached hydrogen (secondary N) is 2. The molecule has 0 saturated carbocycles. The van der Waals surface area contributed by atoms with Gasteiger partial charge in [0.15, 0.2) is 5.82 Å².